The van der Waals surface area contributed by atoms with Gasteiger partial charge in [0.15, 0.2) is 0 Å². The molecule has 73 heavy (non-hydrogen) atoms. The lowest BCUT2D eigenvalue weighted by atomic mass is 10.0. The van der Waals surface area contributed by atoms with Crippen LogP contribution in [0.2, 0.25) is 0 Å². The van der Waals surface area contributed by atoms with E-state index in [9.17, 15) is 19.2 Å². The number of nitrogens with one attached hydrogen (secondary N) is 4. The van der Waals surface area contributed by atoms with Crippen molar-refractivity contribution in [1.82, 2.24) is 44.9 Å². The molecule has 386 valence electrons. The van der Waals surface area contributed by atoms with Crippen molar-refractivity contribution in [3.05, 3.63) is 96.1 Å². The van der Waals surface area contributed by atoms with Gasteiger partial charge in [0.2, 0.25) is 18.0 Å². The number of imidazole rings is 2. The van der Waals surface area contributed by atoms with Crippen LogP contribution in [0.25, 0.3) is 44.7 Å². The first-order valence-corrected chi connectivity index (χ1v) is 24.6. The zero-order valence-corrected chi connectivity index (χ0v) is 41.7. The van der Waals surface area contributed by atoms with E-state index < -0.39 is 72.6 Å². The van der Waals surface area contributed by atoms with Gasteiger partial charge in [-0.2, -0.15) is 0 Å². The number of carbonyl (C=O) groups is 4. The summed E-state index contributed by atoms with van der Waals surface area (Å²) in [6, 6.07) is 14.9. The number of alkyl carbamates (subject to hydrolysis) is 2. The third-order valence-electron chi connectivity index (χ3n) is 13.8. The molecule has 0 bridgehead atoms. The summed E-state index contributed by atoms with van der Waals surface area (Å²) in [7, 11) is 2.41. The Hall–Kier alpha value is -7.51. The lowest BCUT2D eigenvalue weighted by molar-refractivity contribution is -0.136. The third-order valence-corrected chi connectivity index (χ3v) is 13.8. The van der Waals surface area contributed by atoms with Crippen LogP contribution < -0.4 is 20.1 Å². The summed E-state index contributed by atoms with van der Waals surface area (Å²) in [5.74, 6) is -0.548. The molecule has 7 atom stereocenters. The first-order valence-electron chi connectivity index (χ1n) is 24.6. The number of ether oxygens (including phenoxy) is 4. The molecule has 6 heterocycles. The van der Waals surface area contributed by atoms with E-state index in [1.807, 2.05) is 53.1 Å². The van der Waals surface area contributed by atoms with Crippen molar-refractivity contribution in [1.29, 1.82) is 0 Å². The molecular weight excluding hydrogens is 948 g/mol. The predicted molar refractivity (Wildman–Crippen MR) is 264 cm³/mol. The van der Waals surface area contributed by atoms with E-state index >= 15 is 13.2 Å². The van der Waals surface area contributed by atoms with Gasteiger partial charge in [-0.25, -0.2) is 32.7 Å². The van der Waals surface area contributed by atoms with Crippen molar-refractivity contribution in [2.45, 2.75) is 103 Å². The van der Waals surface area contributed by atoms with Gasteiger partial charge in [0, 0.05) is 34.9 Å². The molecule has 0 saturated carbocycles. The van der Waals surface area contributed by atoms with Gasteiger partial charge in [0.05, 0.1) is 86.6 Å². The fraction of sp³-hybridized carbons (Fsp3) is 0.434. The molecule has 0 aliphatic carbocycles. The van der Waals surface area contributed by atoms with E-state index in [4.69, 9.17) is 18.9 Å². The van der Waals surface area contributed by atoms with Crippen molar-refractivity contribution >= 4 is 34.9 Å². The second kappa shape index (κ2) is 20.9. The van der Waals surface area contributed by atoms with Gasteiger partial charge >= 0.3 is 12.2 Å². The molecule has 4 N–H and O–H groups in total. The standard InChI is InChI=1S/C53H60F3N9O8/c1-8-9-15-72-35-12-10-11-30(17-35)51-65-39-14-13-29(37-23-57-47(59-37)41-21-33(54)25-63(41)49(66)45(27(2)3)61-52(68)70-6)16-32(39)19-40(65)44-36(56)18-31(20-43(44)73-51)38-24-58-48(60-38)42-22-34(55)26-64(42)50(67)46(28(4)5)62-53(69)71-7/h10-14,16-20,23-24,27-28,33-34,41-42,45-46,51H,8-9,15,21-22,25-26H2,1-7H3,(H,57,59)(H,58,60)(H,61,68)(H,62,69)/t33-,34-,41+,42+,45+,46+,51?/m1/s1. The van der Waals surface area contributed by atoms with Gasteiger partial charge in [-0.1, -0.05) is 59.2 Å². The largest absolute Gasteiger partial charge is 0.494 e. The van der Waals surface area contributed by atoms with Crippen LogP contribution in [-0.2, 0) is 19.1 Å². The van der Waals surface area contributed by atoms with Gasteiger partial charge in [-0.05, 0) is 60.7 Å². The number of amides is 4. The average molecular weight is 1010 g/mol. The van der Waals surface area contributed by atoms with E-state index in [0.29, 0.717) is 46.7 Å². The number of hydrogen-bond donors (Lipinski definition) is 4. The fourth-order valence-corrected chi connectivity index (χ4v) is 10.0. The van der Waals surface area contributed by atoms with Crippen LogP contribution in [0.15, 0.2) is 73.1 Å². The summed E-state index contributed by atoms with van der Waals surface area (Å²) in [6.07, 6.45) is -0.0287. The number of methoxy groups -OCH3 is 2. The van der Waals surface area contributed by atoms with E-state index in [1.54, 1.807) is 40.0 Å². The Morgan fingerprint density at radius 2 is 1.37 bits per heavy atom. The third kappa shape index (κ3) is 10.0. The molecule has 2 fully saturated rings. The number of carbonyl (C=O) groups excluding carboxylic acids is 4. The predicted octanol–water partition coefficient (Wildman–Crippen LogP) is 9.33. The number of halogens is 3. The van der Waals surface area contributed by atoms with Gasteiger partial charge in [0.25, 0.3) is 0 Å². The summed E-state index contributed by atoms with van der Waals surface area (Å²) >= 11 is 0. The van der Waals surface area contributed by atoms with Crippen molar-refractivity contribution in [3.63, 3.8) is 0 Å². The van der Waals surface area contributed by atoms with Gasteiger partial charge in [-0.15, -0.1) is 0 Å². The highest BCUT2D eigenvalue weighted by molar-refractivity contribution is 5.93. The number of benzene rings is 3. The van der Waals surface area contributed by atoms with Gasteiger partial charge in [-0.3, -0.25) is 9.59 Å². The van der Waals surface area contributed by atoms with E-state index in [1.165, 1.54) is 36.3 Å². The molecule has 6 aromatic rings. The Morgan fingerprint density at radius 1 is 0.781 bits per heavy atom. The Morgan fingerprint density at radius 3 is 1.93 bits per heavy atom. The lowest BCUT2D eigenvalue weighted by Crippen LogP contribution is -2.51. The number of fused-ring (bicyclic) bond motifs is 5. The van der Waals surface area contributed by atoms with Gasteiger partial charge < -0.3 is 53.9 Å². The van der Waals surface area contributed by atoms with E-state index in [-0.39, 0.29) is 49.1 Å². The Labute approximate surface area is 420 Å². The summed E-state index contributed by atoms with van der Waals surface area (Å²) in [5, 5.41) is 5.91. The molecule has 4 amide bonds. The molecule has 3 aromatic carbocycles. The number of H-pyrrole nitrogens is 2. The molecule has 0 radical (unpaired) electrons. The highest BCUT2D eigenvalue weighted by atomic mass is 19.1. The maximum Gasteiger partial charge on any atom is 0.407 e. The second-order valence-electron chi connectivity index (χ2n) is 19.5. The molecule has 3 aromatic heterocycles. The normalized spacial score (nSPS) is 20.1. The minimum atomic E-state index is -1.34. The number of hydrogen-bond acceptors (Lipinski definition) is 10. The zero-order chi connectivity index (χ0) is 51.8. The van der Waals surface area contributed by atoms with Crippen molar-refractivity contribution in [3.8, 4) is 45.3 Å². The number of rotatable bonds is 15. The molecule has 3 aliphatic rings. The van der Waals surface area contributed by atoms with E-state index in [2.05, 4.69) is 37.5 Å². The molecule has 2 saturated heterocycles. The SMILES string of the molecule is CCCCOc1cccc(C2Oc3cc(-c4cnc([C@@H]5C[C@@H](F)CN5C(=O)[C@@H](NC(=O)OC)C(C)C)[nH]4)cc(F)c3-c3cc4cc(-c5cnc([C@@H]6C[C@@H](F)CN6C(=O)[C@@H](NC(=O)OC)C(C)C)[nH]5)ccc4n32)c1. The highest BCUT2D eigenvalue weighted by Gasteiger charge is 2.43. The first-order chi connectivity index (χ1) is 35.1. The second-order valence-corrected chi connectivity index (χ2v) is 19.5. The first kappa shape index (κ1) is 50.4. The average Bonchev–Trinajstić information content (AvgIpc) is 4.24. The summed E-state index contributed by atoms with van der Waals surface area (Å²) in [4.78, 5) is 70.4. The summed E-state index contributed by atoms with van der Waals surface area (Å²) in [6.45, 7) is 9.36. The molecule has 1 unspecified atom stereocenters. The van der Waals surface area contributed by atoms with Crippen molar-refractivity contribution in [2.75, 3.05) is 33.9 Å². The minimum Gasteiger partial charge on any atom is -0.494 e. The maximum absolute atomic E-state index is 17.0. The number of aromatic nitrogens is 5. The number of likely N-dealkylation sites (tertiary alicyclic amines) is 2. The number of aromatic amines is 2. The molecule has 3 aliphatic heterocycles. The van der Waals surface area contributed by atoms with Crippen LogP contribution in [0.4, 0.5) is 22.8 Å². The van der Waals surface area contributed by atoms with Crippen LogP contribution >= 0.6 is 0 Å². The lowest BCUT2D eigenvalue weighted by Gasteiger charge is -2.31. The van der Waals surface area contributed by atoms with Crippen LogP contribution in [0.5, 0.6) is 11.5 Å². The highest BCUT2D eigenvalue weighted by Crippen LogP contribution is 2.48. The van der Waals surface area contributed by atoms with Crippen LogP contribution in [0, 0.1) is 17.7 Å². The maximum atomic E-state index is 17.0. The zero-order valence-electron chi connectivity index (χ0n) is 41.7. The summed E-state index contributed by atoms with van der Waals surface area (Å²) < 4.78 is 71.7. The van der Waals surface area contributed by atoms with E-state index in [0.717, 1.165) is 34.9 Å². The van der Waals surface area contributed by atoms with Crippen molar-refractivity contribution < 1.29 is 51.3 Å². The monoisotopic (exact) mass is 1010 g/mol. The quantitative estimate of drug-likeness (QED) is 0.0720. The molecule has 9 rings (SSSR count). The Kier molecular flexibility index (Phi) is 14.4. The molecule has 0 spiro atoms. The van der Waals surface area contributed by atoms with Crippen molar-refractivity contribution in [2.24, 2.45) is 11.8 Å². The topological polar surface area (TPSA) is 198 Å². The fourth-order valence-electron chi connectivity index (χ4n) is 10.0. The molecule has 17 nitrogen and oxygen atoms in total. The Bertz CT molecular complexity index is 3030. The Balaban J connectivity index is 1.06. The minimum absolute atomic E-state index is 0.0175. The van der Waals surface area contributed by atoms with Crippen LogP contribution in [-0.4, -0.2) is 117 Å². The smallest absolute Gasteiger partial charge is 0.407 e. The molecular formula is C53H60F3N9O8. The number of alkyl halides is 2. The summed E-state index contributed by atoms with van der Waals surface area (Å²) in [5.41, 5.74) is 4.38. The van der Waals surface area contributed by atoms with Gasteiger partial charge in [0.1, 0.15) is 53.4 Å². The molecule has 20 heteroatoms. The van der Waals surface area contributed by atoms with Crippen LogP contribution in [0.1, 0.15) is 95.8 Å². The number of nitrogens with zero attached hydrogens (tertiary/aromatic N) is 5. The number of unbranched alkanes of at least 4 members (excludes halogenated alkanes) is 1. The van der Waals surface area contributed by atoms with Crippen LogP contribution in [0.3, 0.4) is 0 Å².